The first-order valence-electron chi connectivity index (χ1n) is 6.53. The third-order valence-corrected chi connectivity index (χ3v) is 4.86. The van der Waals surface area contributed by atoms with Crippen molar-refractivity contribution in [1.29, 1.82) is 0 Å². The highest BCUT2D eigenvalue weighted by Gasteiger charge is 2.28. The second-order valence-electron chi connectivity index (χ2n) is 4.97. The highest BCUT2D eigenvalue weighted by molar-refractivity contribution is 7.11. The molecule has 2 heterocycles. The summed E-state index contributed by atoms with van der Waals surface area (Å²) >= 11 is 7.74. The number of halogens is 1. The van der Waals surface area contributed by atoms with E-state index >= 15 is 0 Å². The molecule has 1 atom stereocenters. The maximum absolute atomic E-state index is 5.97. The number of nitrogens with zero attached hydrogens (tertiary/aromatic N) is 4. The Hall–Kier alpha value is -1.40. The van der Waals surface area contributed by atoms with Gasteiger partial charge in [-0.1, -0.05) is 11.6 Å². The molecule has 0 radical (unpaired) electrons. The van der Waals surface area contributed by atoms with Gasteiger partial charge in [-0.25, -0.2) is 9.97 Å². The molecule has 2 aromatic rings. The molecule has 3 rings (SSSR count). The molecule has 0 amide bonds. The van der Waals surface area contributed by atoms with Crippen LogP contribution in [0.4, 0.5) is 11.8 Å². The van der Waals surface area contributed by atoms with Crippen LogP contribution in [0, 0.1) is 6.92 Å². The Labute approximate surface area is 126 Å². The predicted molar refractivity (Wildman–Crippen MR) is 82.4 cm³/mol. The van der Waals surface area contributed by atoms with Gasteiger partial charge < -0.3 is 10.6 Å². The smallest absolute Gasteiger partial charge is 0.223 e. The SMILES string of the molecule is Cc1nc2c(s1)[C@H](N(C)c1cc(Cl)nc(N)n1)CCC2. The molecule has 0 fully saturated rings. The Balaban J connectivity index is 1.96. The van der Waals surface area contributed by atoms with E-state index in [0.29, 0.717) is 5.15 Å². The Morgan fingerprint density at radius 2 is 2.20 bits per heavy atom. The van der Waals surface area contributed by atoms with Crippen LogP contribution in [0.25, 0.3) is 0 Å². The number of fused-ring (bicyclic) bond motifs is 1. The van der Waals surface area contributed by atoms with Crippen LogP contribution in [-0.4, -0.2) is 22.0 Å². The highest BCUT2D eigenvalue weighted by atomic mass is 35.5. The number of rotatable bonds is 2. The van der Waals surface area contributed by atoms with Crippen molar-refractivity contribution in [3.8, 4) is 0 Å². The molecule has 0 spiro atoms. The van der Waals surface area contributed by atoms with Crippen molar-refractivity contribution in [2.45, 2.75) is 32.2 Å². The quantitative estimate of drug-likeness (QED) is 0.864. The first kappa shape index (κ1) is 13.6. The number of nitrogen functional groups attached to an aromatic ring is 1. The molecular weight excluding hydrogens is 294 g/mol. The van der Waals surface area contributed by atoms with E-state index in [1.54, 1.807) is 17.4 Å². The van der Waals surface area contributed by atoms with Crippen LogP contribution in [0.5, 0.6) is 0 Å². The molecule has 0 unspecified atom stereocenters. The first-order valence-corrected chi connectivity index (χ1v) is 7.73. The largest absolute Gasteiger partial charge is 0.368 e. The van der Waals surface area contributed by atoms with Crippen LogP contribution in [-0.2, 0) is 6.42 Å². The Morgan fingerprint density at radius 3 is 2.95 bits per heavy atom. The lowest BCUT2D eigenvalue weighted by atomic mass is 9.97. The lowest BCUT2D eigenvalue weighted by Crippen LogP contribution is -2.27. The van der Waals surface area contributed by atoms with Crippen molar-refractivity contribution in [2.24, 2.45) is 0 Å². The zero-order chi connectivity index (χ0) is 14.3. The third-order valence-electron chi connectivity index (χ3n) is 3.56. The van der Waals surface area contributed by atoms with Gasteiger partial charge >= 0.3 is 0 Å². The maximum Gasteiger partial charge on any atom is 0.223 e. The van der Waals surface area contributed by atoms with Gasteiger partial charge in [-0.15, -0.1) is 11.3 Å². The van der Waals surface area contributed by atoms with Crippen LogP contribution >= 0.6 is 22.9 Å². The molecule has 2 aromatic heterocycles. The summed E-state index contributed by atoms with van der Waals surface area (Å²) in [6.45, 7) is 2.06. The van der Waals surface area contributed by atoms with E-state index in [0.717, 1.165) is 30.1 Å². The minimum Gasteiger partial charge on any atom is -0.368 e. The van der Waals surface area contributed by atoms with Gasteiger partial charge in [0.25, 0.3) is 0 Å². The summed E-state index contributed by atoms with van der Waals surface area (Å²) in [4.78, 5) is 16.3. The number of aromatic nitrogens is 3. The average molecular weight is 310 g/mol. The van der Waals surface area contributed by atoms with Gasteiger partial charge in [-0.05, 0) is 26.2 Å². The van der Waals surface area contributed by atoms with Crippen LogP contribution in [0.3, 0.4) is 0 Å². The second-order valence-corrected chi connectivity index (χ2v) is 6.59. The Kier molecular flexibility index (Phi) is 3.52. The van der Waals surface area contributed by atoms with Crippen LogP contribution in [0.15, 0.2) is 6.07 Å². The number of anilines is 2. The van der Waals surface area contributed by atoms with Gasteiger partial charge in [0, 0.05) is 13.1 Å². The third kappa shape index (κ3) is 2.45. The van der Waals surface area contributed by atoms with Crippen LogP contribution in [0.1, 0.15) is 34.5 Å². The molecule has 0 aromatic carbocycles. The lowest BCUT2D eigenvalue weighted by molar-refractivity contribution is 0.545. The zero-order valence-electron chi connectivity index (χ0n) is 11.4. The molecular formula is C13H16ClN5S. The number of hydrogen-bond acceptors (Lipinski definition) is 6. The maximum atomic E-state index is 5.97. The van der Waals surface area contributed by atoms with Crippen molar-refractivity contribution in [3.05, 3.63) is 26.8 Å². The fourth-order valence-electron chi connectivity index (χ4n) is 2.65. The van der Waals surface area contributed by atoms with Gasteiger partial charge in [0.2, 0.25) is 5.95 Å². The molecule has 0 bridgehead atoms. The minimum absolute atomic E-state index is 0.205. The summed E-state index contributed by atoms with van der Waals surface area (Å²) < 4.78 is 0. The first-order chi connectivity index (χ1) is 9.54. The Morgan fingerprint density at radius 1 is 1.40 bits per heavy atom. The lowest BCUT2D eigenvalue weighted by Gasteiger charge is -2.31. The van der Waals surface area contributed by atoms with Crippen LogP contribution in [0.2, 0.25) is 5.15 Å². The molecule has 0 saturated heterocycles. The molecule has 1 aliphatic rings. The summed E-state index contributed by atoms with van der Waals surface area (Å²) in [5.41, 5.74) is 6.91. The molecule has 1 aliphatic carbocycles. The summed E-state index contributed by atoms with van der Waals surface area (Å²) in [5, 5.41) is 1.49. The fraction of sp³-hybridized carbons (Fsp3) is 0.462. The standard InChI is InChI=1S/C13H16ClN5S/c1-7-16-8-4-3-5-9(12(8)20-7)19(2)11-6-10(14)17-13(15)18-11/h6,9H,3-5H2,1-2H3,(H2,15,17,18)/t9-/m1/s1. The van der Waals surface area contributed by atoms with Gasteiger partial charge in [0.05, 0.1) is 21.6 Å². The highest BCUT2D eigenvalue weighted by Crippen LogP contribution is 2.39. The number of aryl methyl sites for hydroxylation is 2. The minimum atomic E-state index is 0.205. The van der Waals surface area contributed by atoms with E-state index in [4.69, 9.17) is 17.3 Å². The topological polar surface area (TPSA) is 67.9 Å². The fourth-order valence-corrected chi connectivity index (χ4v) is 3.99. The number of thiazole rings is 1. The number of nitrogens with two attached hydrogens (primary N) is 1. The van der Waals surface area contributed by atoms with Crippen molar-refractivity contribution in [3.63, 3.8) is 0 Å². The summed E-state index contributed by atoms with van der Waals surface area (Å²) in [6, 6.07) is 2.04. The normalized spacial score (nSPS) is 17.9. The summed E-state index contributed by atoms with van der Waals surface area (Å²) in [6.07, 6.45) is 3.29. The van der Waals surface area contributed by atoms with E-state index in [1.165, 1.54) is 10.6 Å². The zero-order valence-corrected chi connectivity index (χ0v) is 13.0. The van der Waals surface area contributed by atoms with Crippen molar-refractivity contribution in [1.82, 2.24) is 15.0 Å². The van der Waals surface area contributed by atoms with E-state index in [1.807, 2.05) is 7.05 Å². The van der Waals surface area contributed by atoms with Crippen LogP contribution < -0.4 is 10.6 Å². The molecule has 7 heteroatoms. The van der Waals surface area contributed by atoms with Gasteiger partial charge in [0.15, 0.2) is 0 Å². The molecule has 106 valence electrons. The molecule has 0 saturated carbocycles. The summed E-state index contributed by atoms with van der Waals surface area (Å²) in [5.74, 6) is 0.960. The molecule has 0 aliphatic heterocycles. The number of hydrogen-bond donors (Lipinski definition) is 1. The van der Waals surface area contributed by atoms with E-state index in [-0.39, 0.29) is 12.0 Å². The van der Waals surface area contributed by atoms with Crippen molar-refractivity contribution >= 4 is 34.7 Å². The predicted octanol–water partition coefficient (Wildman–Crippen LogP) is 2.99. The monoisotopic (exact) mass is 309 g/mol. The van der Waals surface area contributed by atoms with E-state index in [2.05, 4.69) is 26.8 Å². The van der Waals surface area contributed by atoms with E-state index in [9.17, 15) is 0 Å². The van der Waals surface area contributed by atoms with Crippen molar-refractivity contribution < 1.29 is 0 Å². The average Bonchev–Trinajstić information content (AvgIpc) is 2.76. The second kappa shape index (κ2) is 5.18. The molecule has 20 heavy (non-hydrogen) atoms. The van der Waals surface area contributed by atoms with Gasteiger partial charge in [-0.2, -0.15) is 4.98 Å². The van der Waals surface area contributed by atoms with Crippen molar-refractivity contribution in [2.75, 3.05) is 17.7 Å². The summed E-state index contributed by atoms with van der Waals surface area (Å²) in [7, 11) is 2.02. The van der Waals surface area contributed by atoms with Gasteiger partial charge in [0.1, 0.15) is 11.0 Å². The Bertz CT molecular complexity index is 621. The van der Waals surface area contributed by atoms with E-state index < -0.39 is 0 Å². The molecule has 2 N–H and O–H groups in total. The molecule has 5 nitrogen and oxygen atoms in total. The van der Waals surface area contributed by atoms with Gasteiger partial charge in [-0.3, -0.25) is 0 Å².